The fourth-order valence-electron chi connectivity index (χ4n) is 2.49. The Hall–Kier alpha value is -3.06. The summed E-state index contributed by atoms with van der Waals surface area (Å²) in [5.74, 6) is 0.818. The van der Waals surface area contributed by atoms with E-state index in [1.807, 2.05) is 7.05 Å². The van der Waals surface area contributed by atoms with Crippen molar-refractivity contribution in [3.8, 4) is 11.4 Å². The number of rotatable bonds is 6. The van der Waals surface area contributed by atoms with Crippen LogP contribution in [0.5, 0.6) is 0 Å². The zero-order chi connectivity index (χ0) is 17.8. The molecule has 0 aliphatic heterocycles. The average molecular weight is 338 g/mol. The summed E-state index contributed by atoms with van der Waals surface area (Å²) >= 11 is 0. The predicted molar refractivity (Wildman–Crippen MR) is 92.7 cm³/mol. The normalized spacial score (nSPS) is 11.0. The zero-order valence-corrected chi connectivity index (χ0v) is 14.0. The van der Waals surface area contributed by atoms with Gasteiger partial charge in [0.1, 0.15) is 0 Å². The van der Waals surface area contributed by atoms with Gasteiger partial charge >= 0.3 is 0 Å². The van der Waals surface area contributed by atoms with E-state index in [9.17, 15) is 10.1 Å². The van der Waals surface area contributed by atoms with Crippen LogP contribution < -0.4 is 0 Å². The molecule has 3 rings (SSSR count). The summed E-state index contributed by atoms with van der Waals surface area (Å²) in [5, 5.41) is 14.8. The van der Waals surface area contributed by atoms with E-state index in [-0.39, 0.29) is 5.69 Å². The molecule has 1 heterocycles. The first kappa shape index (κ1) is 16.8. The summed E-state index contributed by atoms with van der Waals surface area (Å²) < 4.78 is 5.27. The molecule has 0 radical (unpaired) electrons. The number of aryl methyl sites for hydroxylation is 1. The van der Waals surface area contributed by atoms with Crippen LogP contribution >= 0.6 is 0 Å². The highest BCUT2D eigenvalue weighted by atomic mass is 16.6. The van der Waals surface area contributed by atoms with Gasteiger partial charge in [-0.15, -0.1) is 0 Å². The third kappa shape index (κ3) is 4.27. The lowest BCUT2D eigenvalue weighted by Gasteiger charge is -2.14. The number of nitro benzene ring substituents is 1. The Morgan fingerprint density at radius 2 is 1.92 bits per heavy atom. The molecule has 0 unspecified atom stereocenters. The van der Waals surface area contributed by atoms with Crippen LogP contribution in [0.3, 0.4) is 0 Å². The summed E-state index contributed by atoms with van der Waals surface area (Å²) in [6, 6.07) is 14.5. The van der Waals surface area contributed by atoms with E-state index in [0.717, 1.165) is 6.54 Å². The van der Waals surface area contributed by atoms with E-state index in [2.05, 4.69) is 46.2 Å². The molecule has 1 aromatic heterocycles. The van der Waals surface area contributed by atoms with Gasteiger partial charge in [0.15, 0.2) is 0 Å². The summed E-state index contributed by atoms with van der Waals surface area (Å²) in [7, 11) is 1.97. The highest BCUT2D eigenvalue weighted by Crippen LogP contribution is 2.21. The highest BCUT2D eigenvalue weighted by molar-refractivity contribution is 5.58. The Kier molecular flexibility index (Phi) is 4.85. The van der Waals surface area contributed by atoms with Crippen molar-refractivity contribution in [2.75, 3.05) is 7.05 Å². The van der Waals surface area contributed by atoms with E-state index in [1.54, 1.807) is 12.1 Å². The maximum absolute atomic E-state index is 10.9. The topological polar surface area (TPSA) is 85.3 Å². The molecular weight excluding hydrogens is 320 g/mol. The van der Waals surface area contributed by atoms with Crippen molar-refractivity contribution in [3.05, 3.63) is 75.7 Å². The molecule has 0 spiro atoms. The SMILES string of the molecule is Cc1ccc(CN(C)Cc2nc(-c3cccc([N+](=O)[O-])c3)no2)cc1. The van der Waals surface area contributed by atoms with Crippen LogP contribution in [-0.2, 0) is 13.1 Å². The number of hydrogen-bond acceptors (Lipinski definition) is 6. The highest BCUT2D eigenvalue weighted by Gasteiger charge is 2.14. The second-order valence-corrected chi connectivity index (χ2v) is 5.98. The first-order valence-electron chi connectivity index (χ1n) is 7.83. The molecule has 3 aromatic rings. The van der Waals surface area contributed by atoms with Gasteiger partial charge in [-0.3, -0.25) is 15.0 Å². The molecule has 0 bridgehead atoms. The van der Waals surface area contributed by atoms with Crippen molar-refractivity contribution in [1.82, 2.24) is 15.0 Å². The van der Waals surface area contributed by atoms with E-state index in [1.165, 1.54) is 23.3 Å². The quantitative estimate of drug-likeness (QED) is 0.504. The Bertz CT molecular complexity index is 874. The van der Waals surface area contributed by atoms with Gasteiger partial charge in [0.2, 0.25) is 11.7 Å². The molecule has 0 saturated heterocycles. The van der Waals surface area contributed by atoms with Gasteiger partial charge in [-0.2, -0.15) is 4.98 Å². The number of benzene rings is 2. The van der Waals surface area contributed by atoms with E-state index in [0.29, 0.717) is 23.8 Å². The van der Waals surface area contributed by atoms with Gasteiger partial charge in [-0.25, -0.2) is 0 Å². The van der Waals surface area contributed by atoms with Crippen LogP contribution in [0.25, 0.3) is 11.4 Å². The van der Waals surface area contributed by atoms with Crippen molar-refractivity contribution in [1.29, 1.82) is 0 Å². The fraction of sp³-hybridized carbons (Fsp3) is 0.222. The second-order valence-electron chi connectivity index (χ2n) is 5.98. The van der Waals surface area contributed by atoms with Gasteiger partial charge < -0.3 is 4.52 Å². The molecule has 0 aliphatic carbocycles. The van der Waals surface area contributed by atoms with Crippen molar-refractivity contribution < 1.29 is 9.45 Å². The first-order valence-corrected chi connectivity index (χ1v) is 7.83. The molecule has 0 N–H and O–H groups in total. The second kappa shape index (κ2) is 7.23. The molecule has 0 saturated carbocycles. The predicted octanol–water partition coefficient (Wildman–Crippen LogP) is 3.59. The Morgan fingerprint density at radius 3 is 2.64 bits per heavy atom. The van der Waals surface area contributed by atoms with Crippen LogP contribution in [0.15, 0.2) is 53.1 Å². The van der Waals surface area contributed by atoms with Crippen LogP contribution in [0.2, 0.25) is 0 Å². The van der Waals surface area contributed by atoms with Gasteiger partial charge in [0.05, 0.1) is 11.5 Å². The molecule has 128 valence electrons. The molecule has 0 aliphatic rings. The molecule has 7 nitrogen and oxygen atoms in total. The molecule has 25 heavy (non-hydrogen) atoms. The van der Waals surface area contributed by atoms with Gasteiger partial charge in [-0.05, 0) is 19.5 Å². The number of nitrogens with zero attached hydrogens (tertiary/aromatic N) is 4. The average Bonchev–Trinajstić information content (AvgIpc) is 3.05. The summed E-state index contributed by atoms with van der Waals surface area (Å²) in [6.07, 6.45) is 0. The van der Waals surface area contributed by atoms with Crippen LogP contribution in [-0.4, -0.2) is 27.0 Å². The molecule has 2 aromatic carbocycles. The number of non-ortho nitro benzene ring substituents is 1. The minimum atomic E-state index is -0.445. The van der Waals surface area contributed by atoms with Crippen molar-refractivity contribution in [3.63, 3.8) is 0 Å². The smallest absolute Gasteiger partial charge is 0.270 e. The Morgan fingerprint density at radius 1 is 1.16 bits per heavy atom. The standard InChI is InChI=1S/C18H18N4O3/c1-13-6-8-14(9-7-13)11-21(2)12-17-19-18(20-25-17)15-4-3-5-16(10-15)22(23)24/h3-10H,11-12H2,1-2H3. The van der Waals surface area contributed by atoms with E-state index < -0.39 is 4.92 Å². The maximum Gasteiger partial charge on any atom is 0.270 e. The lowest BCUT2D eigenvalue weighted by molar-refractivity contribution is -0.384. The third-order valence-corrected chi connectivity index (χ3v) is 3.76. The van der Waals surface area contributed by atoms with Crippen molar-refractivity contribution >= 4 is 5.69 Å². The van der Waals surface area contributed by atoms with Crippen molar-refractivity contribution in [2.24, 2.45) is 0 Å². The fourth-order valence-corrected chi connectivity index (χ4v) is 2.49. The Labute approximate surface area is 145 Å². The number of nitro groups is 1. The van der Waals surface area contributed by atoms with Gasteiger partial charge in [0, 0.05) is 24.2 Å². The van der Waals surface area contributed by atoms with Gasteiger partial charge in [-0.1, -0.05) is 47.1 Å². The van der Waals surface area contributed by atoms with Gasteiger partial charge in [0.25, 0.3) is 5.69 Å². The largest absolute Gasteiger partial charge is 0.338 e. The summed E-state index contributed by atoms with van der Waals surface area (Å²) in [5.41, 5.74) is 2.99. The van der Waals surface area contributed by atoms with Crippen LogP contribution in [0.1, 0.15) is 17.0 Å². The molecule has 0 atom stereocenters. The van der Waals surface area contributed by atoms with E-state index in [4.69, 9.17) is 4.52 Å². The third-order valence-electron chi connectivity index (χ3n) is 3.76. The monoisotopic (exact) mass is 338 g/mol. The van der Waals surface area contributed by atoms with E-state index >= 15 is 0 Å². The molecule has 0 fully saturated rings. The number of aromatic nitrogens is 2. The van der Waals surface area contributed by atoms with Crippen molar-refractivity contribution in [2.45, 2.75) is 20.0 Å². The lowest BCUT2D eigenvalue weighted by Crippen LogP contribution is -2.17. The van der Waals surface area contributed by atoms with Crippen LogP contribution in [0.4, 0.5) is 5.69 Å². The number of hydrogen-bond donors (Lipinski definition) is 0. The molecule has 7 heteroatoms. The minimum Gasteiger partial charge on any atom is -0.338 e. The summed E-state index contributed by atoms with van der Waals surface area (Å²) in [4.78, 5) is 16.8. The Balaban J connectivity index is 1.68. The van der Waals surface area contributed by atoms with Crippen LogP contribution in [0, 0.1) is 17.0 Å². The summed E-state index contributed by atoms with van der Waals surface area (Å²) in [6.45, 7) is 3.31. The lowest BCUT2D eigenvalue weighted by atomic mass is 10.1. The zero-order valence-electron chi connectivity index (χ0n) is 14.0. The minimum absolute atomic E-state index is 0.000314. The maximum atomic E-state index is 10.9. The molecule has 0 amide bonds. The first-order chi connectivity index (χ1) is 12.0. The molecular formula is C18H18N4O3.